The Labute approximate surface area is 157 Å². The lowest BCUT2D eigenvalue weighted by Gasteiger charge is -2.26. The van der Waals surface area contributed by atoms with Gasteiger partial charge in [0.05, 0.1) is 18.3 Å². The molecule has 0 spiro atoms. The molecule has 2 aliphatic rings. The molecule has 7 heteroatoms. The maximum absolute atomic E-state index is 12.9. The highest BCUT2D eigenvalue weighted by atomic mass is 16.5. The average molecular weight is 366 g/mol. The van der Waals surface area contributed by atoms with Crippen molar-refractivity contribution in [2.24, 2.45) is 5.92 Å². The van der Waals surface area contributed by atoms with E-state index in [1.165, 1.54) is 0 Å². The molecule has 2 N–H and O–H groups in total. The molecule has 3 amide bonds. The van der Waals surface area contributed by atoms with Crippen LogP contribution in [0.4, 0.5) is 16.3 Å². The maximum Gasteiger partial charge on any atom is 0.324 e. The number of benzene rings is 1. The highest BCUT2D eigenvalue weighted by molar-refractivity contribution is 6.05. The van der Waals surface area contributed by atoms with Gasteiger partial charge in [-0.3, -0.25) is 10.1 Å². The number of aromatic nitrogens is 1. The highest BCUT2D eigenvalue weighted by Crippen LogP contribution is 2.45. The summed E-state index contributed by atoms with van der Waals surface area (Å²) in [6, 6.07) is 10.3. The number of amides is 3. The molecule has 0 aliphatic carbocycles. The maximum atomic E-state index is 12.9. The van der Waals surface area contributed by atoms with Crippen molar-refractivity contribution in [3.05, 3.63) is 53.7 Å². The van der Waals surface area contributed by atoms with Crippen molar-refractivity contribution in [2.75, 3.05) is 17.2 Å². The lowest BCUT2D eigenvalue weighted by atomic mass is 9.99. The molecule has 3 atom stereocenters. The Hall–Kier alpha value is -2.93. The second-order valence-corrected chi connectivity index (χ2v) is 6.91. The van der Waals surface area contributed by atoms with Crippen molar-refractivity contribution in [3.63, 3.8) is 0 Å². The van der Waals surface area contributed by atoms with Crippen molar-refractivity contribution in [3.8, 4) is 0 Å². The molecule has 4 rings (SSSR count). The Morgan fingerprint density at radius 2 is 2.15 bits per heavy atom. The first-order valence-electron chi connectivity index (χ1n) is 9.16. The molecule has 1 fully saturated rings. The Morgan fingerprint density at radius 1 is 1.30 bits per heavy atom. The van der Waals surface area contributed by atoms with E-state index in [-0.39, 0.29) is 11.9 Å². The number of fused-ring (bicyclic) bond motifs is 3. The number of carbonyl (C=O) groups is 2. The van der Waals surface area contributed by atoms with Gasteiger partial charge in [-0.25, -0.2) is 9.78 Å². The van der Waals surface area contributed by atoms with Crippen LogP contribution in [0.1, 0.15) is 42.4 Å². The van der Waals surface area contributed by atoms with Crippen molar-refractivity contribution >= 4 is 23.4 Å². The predicted octanol–water partition coefficient (Wildman–Crippen LogP) is 3.62. The smallest absolute Gasteiger partial charge is 0.324 e. The third kappa shape index (κ3) is 3.04. The van der Waals surface area contributed by atoms with Crippen molar-refractivity contribution in [1.29, 1.82) is 0 Å². The minimum atomic E-state index is -0.446. The average Bonchev–Trinajstić information content (AvgIpc) is 3.22. The van der Waals surface area contributed by atoms with E-state index in [0.29, 0.717) is 29.6 Å². The number of pyridine rings is 1. The molecule has 1 aromatic carbocycles. The molecule has 1 aromatic heterocycles. The molecule has 0 saturated carbocycles. The van der Waals surface area contributed by atoms with Crippen LogP contribution in [0.3, 0.4) is 0 Å². The van der Waals surface area contributed by atoms with Crippen LogP contribution >= 0.6 is 0 Å². The molecule has 0 radical (unpaired) electrons. The Kier molecular flexibility index (Phi) is 4.53. The predicted molar refractivity (Wildman–Crippen MR) is 101 cm³/mol. The van der Waals surface area contributed by atoms with E-state index in [1.807, 2.05) is 4.90 Å². The zero-order valence-electron chi connectivity index (χ0n) is 15.3. The summed E-state index contributed by atoms with van der Waals surface area (Å²) in [6.45, 7) is 4.76. The summed E-state index contributed by atoms with van der Waals surface area (Å²) in [6.07, 6.45) is 2.13. The fourth-order valence-electron chi connectivity index (χ4n) is 3.69. The second kappa shape index (κ2) is 7.00. The number of hydrogen-bond acceptors (Lipinski definition) is 4. The fraction of sp³-hybridized carbons (Fsp3) is 0.350. The largest absolute Gasteiger partial charge is 0.352 e. The number of anilines is 2. The standard InChI is InChI=1S/C20H22N4O3/c1-3-12(2)15-11-27-19-17-13(18(25)24(15)19)7-6-8-14(17)22-20(26)23-16-9-4-5-10-21-16/h4-10,12,15,19H,3,11H2,1-2H3,(H2,21,22,23,26)/t12-,15+,19?/m0/s1. The van der Waals surface area contributed by atoms with Gasteiger partial charge in [0.25, 0.3) is 5.91 Å². The number of urea groups is 1. The third-order valence-electron chi connectivity index (χ3n) is 5.31. The van der Waals surface area contributed by atoms with Gasteiger partial charge in [0, 0.05) is 17.3 Å². The van der Waals surface area contributed by atoms with E-state index in [0.717, 1.165) is 12.0 Å². The number of nitrogens with zero attached hydrogens (tertiary/aromatic N) is 2. The van der Waals surface area contributed by atoms with Crippen LogP contribution in [0.15, 0.2) is 42.6 Å². The summed E-state index contributed by atoms with van der Waals surface area (Å²) in [5.41, 5.74) is 1.89. The third-order valence-corrected chi connectivity index (χ3v) is 5.31. The van der Waals surface area contributed by atoms with Crippen molar-refractivity contribution in [2.45, 2.75) is 32.5 Å². The topological polar surface area (TPSA) is 83.6 Å². The molecule has 0 bridgehead atoms. The fourth-order valence-corrected chi connectivity index (χ4v) is 3.69. The monoisotopic (exact) mass is 366 g/mol. The van der Waals surface area contributed by atoms with Gasteiger partial charge in [0.2, 0.25) is 0 Å². The van der Waals surface area contributed by atoms with E-state index < -0.39 is 12.3 Å². The molecule has 140 valence electrons. The normalized spacial score (nSPS) is 21.6. The first kappa shape index (κ1) is 17.5. The zero-order chi connectivity index (χ0) is 19.0. The van der Waals surface area contributed by atoms with Crippen LogP contribution in [-0.4, -0.2) is 34.5 Å². The summed E-state index contributed by atoms with van der Waals surface area (Å²) in [7, 11) is 0. The van der Waals surface area contributed by atoms with Crippen LogP contribution in [0.25, 0.3) is 0 Å². The molecular formula is C20H22N4O3. The van der Waals surface area contributed by atoms with Crippen molar-refractivity contribution < 1.29 is 14.3 Å². The Bertz CT molecular complexity index is 871. The molecule has 1 saturated heterocycles. The SMILES string of the molecule is CC[C@H](C)[C@H]1COC2c3c(NC(=O)Nc4ccccn4)cccc3C(=O)N21. The molecule has 27 heavy (non-hydrogen) atoms. The van der Waals surface area contributed by atoms with Gasteiger partial charge in [-0.05, 0) is 30.2 Å². The van der Waals surface area contributed by atoms with Crippen LogP contribution in [0.2, 0.25) is 0 Å². The number of ether oxygens (including phenoxy) is 1. The number of nitrogens with one attached hydrogen (secondary N) is 2. The van der Waals surface area contributed by atoms with Gasteiger partial charge in [0.1, 0.15) is 5.82 Å². The lowest BCUT2D eigenvalue weighted by Crippen LogP contribution is -2.38. The highest BCUT2D eigenvalue weighted by Gasteiger charge is 2.48. The van der Waals surface area contributed by atoms with Crippen LogP contribution in [0, 0.1) is 5.92 Å². The van der Waals surface area contributed by atoms with E-state index in [1.54, 1.807) is 42.6 Å². The zero-order valence-corrected chi connectivity index (χ0v) is 15.3. The molecule has 2 aliphatic heterocycles. The van der Waals surface area contributed by atoms with Gasteiger partial charge in [-0.1, -0.05) is 32.4 Å². The number of hydrogen-bond donors (Lipinski definition) is 2. The van der Waals surface area contributed by atoms with E-state index in [4.69, 9.17) is 4.74 Å². The van der Waals surface area contributed by atoms with Gasteiger partial charge < -0.3 is 15.0 Å². The molecule has 7 nitrogen and oxygen atoms in total. The minimum Gasteiger partial charge on any atom is -0.352 e. The molecular weight excluding hydrogens is 344 g/mol. The van der Waals surface area contributed by atoms with Crippen LogP contribution in [-0.2, 0) is 4.74 Å². The van der Waals surface area contributed by atoms with Gasteiger partial charge in [-0.2, -0.15) is 0 Å². The van der Waals surface area contributed by atoms with E-state index in [2.05, 4.69) is 29.5 Å². The molecule has 2 aromatic rings. The molecule has 1 unspecified atom stereocenters. The Balaban J connectivity index is 1.59. The lowest BCUT2D eigenvalue weighted by molar-refractivity contribution is 0.0338. The van der Waals surface area contributed by atoms with Gasteiger partial charge >= 0.3 is 6.03 Å². The van der Waals surface area contributed by atoms with E-state index >= 15 is 0 Å². The summed E-state index contributed by atoms with van der Waals surface area (Å²) >= 11 is 0. The second-order valence-electron chi connectivity index (χ2n) is 6.91. The molecule has 3 heterocycles. The van der Waals surface area contributed by atoms with Gasteiger partial charge in [-0.15, -0.1) is 0 Å². The summed E-state index contributed by atoms with van der Waals surface area (Å²) in [4.78, 5) is 31.2. The summed E-state index contributed by atoms with van der Waals surface area (Å²) < 4.78 is 5.97. The number of carbonyl (C=O) groups excluding carboxylic acids is 2. The Morgan fingerprint density at radius 3 is 2.89 bits per heavy atom. The minimum absolute atomic E-state index is 0.0356. The summed E-state index contributed by atoms with van der Waals surface area (Å²) in [5, 5.41) is 5.52. The number of rotatable bonds is 4. The van der Waals surface area contributed by atoms with Gasteiger partial charge in [0.15, 0.2) is 6.23 Å². The van der Waals surface area contributed by atoms with Crippen LogP contribution in [0.5, 0.6) is 0 Å². The van der Waals surface area contributed by atoms with Crippen LogP contribution < -0.4 is 10.6 Å². The summed E-state index contributed by atoms with van der Waals surface area (Å²) in [5.74, 6) is 0.762. The van der Waals surface area contributed by atoms with Crippen molar-refractivity contribution in [1.82, 2.24) is 9.88 Å². The van der Waals surface area contributed by atoms with E-state index in [9.17, 15) is 9.59 Å². The first-order valence-corrected chi connectivity index (χ1v) is 9.16. The quantitative estimate of drug-likeness (QED) is 0.866. The first-order chi connectivity index (χ1) is 13.1.